The molecule has 3 aliphatic rings. The average molecular weight is 518 g/mol. The minimum Gasteiger partial charge on any atom is -0.382 e. The van der Waals surface area contributed by atoms with Gasteiger partial charge in [0.25, 0.3) is 0 Å². The van der Waals surface area contributed by atoms with E-state index >= 15 is 0 Å². The molecule has 6 atom stereocenters. The van der Waals surface area contributed by atoms with Crippen LogP contribution in [0.4, 0.5) is 5.82 Å². The van der Waals surface area contributed by atoms with E-state index in [0.29, 0.717) is 17.6 Å². The van der Waals surface area contributed by atoms with Gasteiger partial charge in [-0.05, 0) is 38.5 Å². The van der Waals surface area contributed by atoms with Gasteiger partial charge in [-0.25, -0.2) is 19.5 Å². The molecule has 6 heterocycles. The van der Waals surface area contributed by atoms with Gasteiger partial charge in [0.15, 0.2) is 23.5 Å². The van der Waals surface area contributed by atoms with Gasteiger partial charge in [0, 0.05) is 18.8 Å². The zero-order chi connectivity index (χ0) is 25.1. The SMILES string of the molecule is CC1(C)O[C@@H]2[C@@H](CO[P@@]3(=O)OCC[C@@H](c4ccncc4)O3)O[C@@H](n3cnc4c(N)ncnc43)[C@]2(C)O1. The number of fused-ring (bicyclic) bond motifs is 2. The van der Waals surface area contributed by atoms with E-state index in [4.69, 9.17) is 33.5 Å². The summed E-state index contributed by atoms with van der Waals surface area (Å²) in [4.78, 5) is 16.7. The number of phosphoric acid groups is 1. The summed E-state index contributed by atoms with van der Waals surface area (Å²) in [6, 6.07) is 3.63. The summed E-state index contributed by atoms with van der Waals surface area (Å²) in [6.45, 7) is 5.66. The highest BCUT2D eigenvalue weighted by atomic mass is 31.2. The molecule has 0 unspecified atom stereocenters. The van der Waals surface area contributed by atoms with E-state index in [-0.39, 0.29) is 19.0 Å². The highest BCUT2D eigenvalue weighted by molar-refractivity contribution is 7.48. The van der Waals surface area contributed by atoms with Crippen LogP contribution in [0.25, 0.3) is 11.2 Å². The Morgan fingerprint density at radius 2 is 2.03 bits per heavy atom. The van der Waals surface area contributed by atoms with Crippen LogP contribution in [0, 0.1) is 0 Å². The molecular weight excluding hydrogens is 491 g/mol. The van der Waals surface area contributed by atoms with Crippen LogP contribution < -0.4 is 5.73 Å². The third-order valence-electron chi connectivity index (χ3n) is 6.57. The quantitative estimate of drug-likeness (QED) is 0.494. The first kappa shape index (κ1) is 23.9. The first-order valence-corrected chi connectivity index (χ1v) is 13.1. The second-order valence-electron chi connectivity index (χ2n) is 9.57. The third kappa shape index (κ3) is 4.01. The first-order valence-electron chi connectivity index (χ1n) is 11.6. The number of pyridine rings is 1. The van der Waals surface area contributed by atoms with Crippen LogP contribution in [0.1, 0.15) is 45.1 Å². The van der Waals surface area contributed by atoms with Gasteiger partial charge in [-0.15, -0.1) is 0 Å². The van der Waals surface area contributed by atoms with Gasteiger partial charge in [0.1, 0.15) is 29.7 Å². The number of nitrogens with zero attached hydrogens (tertiary/aromatic N) is 5. The van der Waals surface area contributed by atoms with Crippen molar-refractivity contribution < 1.29 is 32.3 Å². The molecule has 14 heteroatoms. The number of nitrogen functional groups attached to an aromatic ring is 1. The molecule has 0 aromatic carbocycles. The summed E-state index contributed by atoms with van der Waals surface area (Å²) in [5.74, 6) is -0.630. The van der Waals surface area contributed by atoms with Crippen LogP contribution in [-0.4, -0.2) is 61.3 Å². The molecule has 36 heavy (non-hydrogen) atoms. The van der Waals surface area contributed by atoms with Crippen molar-refractivity contribution >= 4 is 24.8 Å². The Morgan fingerprint density at radius 1 is 1.22 bits per heavy atom. The van der Waals surface area contributed by atoms with Crippen LogP contribution in [-0.2, 0) is 32.3 Å². The van der Waals surface area contributed by atoms with Crippen molar-refractivity contribution in [2.45, 2.75) is 63.1 Å². The van der Waals surface area contributed by atoms with Gasteiger partial charge in [-0.2, -0.15) is 0 Å². The number of hydrogen-bond acceptors (Lipinski definition) is 12. The topological polar surface area (TPSA) is 155 Å². The van der Waals surface area contributed by atoms with Crippen molar-refractivity contribution in [1.29, 1.82) is 0 Å². The molecule has 0 saturated carbocycles. The minimum atomic E-state index is -3.86. The Labute approximate surface area is 206 Å². The minimum absolute atomic E-state index is 0.111. The van der Waals surface area contributed by atoms with Gasteiger partial charge >= 0.3 is 7.82 Å². The van der Waals surface area contributed by atoms with Crippen molar-refractivity contribution in [2.75, 3.05) is 18.9 Å². The lowest BCUT2D eigenvalue weighted by Crippen LogP contribution is -2.42. The zero-order valence-electron chi connectivity index (χ0n) is 20.0. The molecule has 0 bridgehead atoms. The smallest absolute Gasteiger partial charge is 0.382 e. The number of aromatic nitrogens is 5. The maximum atomic E-state index is 13.3. The Hall–Kier alpha value is -2.51. The summed E-state index contributed by atoms with van der Waals surface area (Å²) >= 11 is 0. The highest BCUT2D eigenvalue weighted by Gasteiger charge is 2.64. The molecule has 3 aliphatic heterocycles. The van der Waals surface area contributed by atoms with Gasteiger partial charge in [-0.3, -0.25) is 23.1 Å². The van der Waals surface area contributed by atoms with E-state index in [1.54, 1.807) is 23.3 Å². The van der Waals surface area contributed by atoms with Gasteiger partial charge in [-0.1, -0.05) is 0 Å². The molecule has 0 amide bonds. The molecule has 3 fully saturated rings. The van der Waals surface area contributed by atoms with Crippen LogP contribution in [0.15, 0.2) is 37.2 Å². The summed E-state index contributed by atoms with van der Waals surface area (Å²) < 4.78 is 51.0. The molecule has 192 valence electrons. The molecule has 0 radical (unpaired) electrons. The molecule has 3 aromatic rings. The van der Waals surface area contributed by atoms with Gasteiger partial charge in [0.2, 0.25) is 0 Å². The number of ether oxygens (including phenoxy) is 3. The second kappa shape index (κ2) is 8.52. The number of hydrogen-bond donors (Lipinski definition) is 1. The molecule has 3 aromatic heterocycles. The van der Waals surface area contributed by atoms with E-state index in [9.17, 15) is 4.57 Å². The Bertz CT molecular complexity index is 1320. The number of phosphoric ester groups is 1. The van der Waals surface area contributed by atoms with Crippen LogP contribution in [0.2, 0.25) is 0 Å². The maximum Gasteiger partial charge on any atom is 0.475 e. The molecule has 0 aliphatic carbocycles. The Balaban J connectivity index is 1.25. The van der Waals surface area contributed by atoms with Crippen molar-refractivity contribution in [2.24, 2.45) is 0 Å². The first-order chi connectivity index (χ1) is 17.2. The average Bonchev–Trinajstić information content (AvgIpc) is 3.46. The molecule has 13 nitrogen and oxygen atoms in total. The second-order valence-corrected chi connectivity index (χ2v) is 11.2. The predicted molar refractivity (Wildman–Crippen MR) is 124 cm³/mol. The third-order valence-corrected chi connectivity index (χ3v) is 8.05. The van der Waals surface area contributed by atoms with Crippen LogP contribution >= 0.6 is 7.82 Å². The molecular formula is C22H27N6O7P. The molecule has 3 saturated heterocycles. The summed E-state index contributed by atoms with van der Waals surface area (Å²) in [5, 5.41) is 0. The standard InChI is InChI=1S/C22H27N6O7P/c1-21(2)33-17-15(10-31-36(29)30-9-6-14(34-36)13-4-7-24-8-5-13)32-20(22(17,3)35-21)28-12-27-16-18(23)25-11-26-19(16)28/h4-5,7-8,11-12,14-15,17,20H,6,9-10H2,1-3H3,(H2,23,25,26)/t14-,15+,17+,20+,22+,36+/m0/s1. The van der Waals surface area contributed by atoms with Crippen molar-refractivity contribution in [3.8, 4) is 0 Å². The molecule has 2 N–H and O–H groups in total. The summed E-state index contributed by atoms with van der Waals surface area (Å²) in [7, 11) is -3.86. The molecule has 6 rings (SSSR count). The monoisotopic (exact) mass is 518 g/mol. The fourth-order valence-corrected chi connectivity index (χ4v) is 6.49. The lowest BCUT2D eigenvalue weighted by molar-refractivity contribution is -0.217. The zero-order valence-corrected chi connectivity index (χ0v) is 20.9. The number of nitrogens with two attached hydrogens (primary N) is 1. The highest BCUT2D eigenvalue weighted by Crippen LogP contribution is 2.58. The number of anilines is 1. The van der Waals surface area contributed by atoms with Crippen molar-refractivity contribution in [3.05, 3.63) is 42.7 Å². The van der Waals surface area contributed by atoms with Gasteiger partial charge < -0.3 is 19.9 Å². The van der Waals surface area contributed by atoms with Crippen LogP contribution in [0.3, 0.4) is 0 Å². The lowest BCUT2D eigenvalue weighted by Gasteiger charge is -2.30. The number of rotatable bonds is 5. The van der Waals surface area contributed by atoms with Gasteiger partial charge in [0.05, 0.1) is 25.6 Å². The summed E-state index contributed by atoms with van der Waals surface area (Å²) in [6.07, 6.45) is 4.48. The van der Waals surface area contributed by atoms with E-state index in [1.807, 2.05) is 32.9 Å². The van der Waals surface area contributed by atoms with E-state index in [2.05, 4.69) is 19.9 Å². The van der Waals surface area contributed by atoms with Crippen LogP contribution in [0.5, 0.6) is 0 Å². The van der Waals surface area contributed by atoms with E-state index in [0.717, 1.165) is 5.56 Å². The maximum absolute atomic E-state index is 13.3. The Kier molecular flexibility index (Phi) is 5.65. The fraction of sp³-hybridized carbons (Fsp3) is 0.545. The summed E-state index contributed by atoms with van der Waals surface area (Å²) in [5.41, 5.74) is 6.83. The molecule has 0 spiro atoms. The fourth-order valence-electron chi connectivity index (χ4n) is 5.10. The van der Waals surface area contributed by atoms with Crippen molar-refractivity contribution in [3.63, 3.8) is 0 Å². The predicted octanol–water partition coefficient (Wildman–Crippen LogP) is 2.91. The largest absolute Gasteiger partial charge is 0.475 e. The number of imidazole rings is 1. The Morgan fingerprint density at radius 3 is 2.83 bits per heavy atom. The van der Waals surface area contributed by atoms with E-state index in [1.165, 1.54) is 6.33 Å². The van der Waals surface area contributed by atoms with E-state index < -0.39 is 43.8 Å². The normalized spacial score (nSPS) is 35.8. The lowest BCUT2D eigenvalue weighted by atomic mass is 9.96. The van der Waals surface area contributed by atoms with Crippen molar-refractivity contribution in [1.82, 2.24) is 24.5 Å².